The van der Waals surface area contributed by atoms with Crippen LogP contribution < -0.4 is 16.6 Å². The lowest BCUT2D eigenvalue weighted by atomic mass is 10.1. The first kappa shape index (κ1) is 20.7. The Labute approximate surface area is 186 Å². The van der Waals surface area contributed by atoms with E-state index in [-0.39, 0.29) is 29.9 Å². The minimum atomic E-state index is -0.458. The number of carbonyl (C=O) groups excluding carboxylic acids is 1. The summed E-state index contributed by atoms with van der Waals surface area (Å²) in [5, 5.41) is 9.02. The average molecular weight is 454 g/mol. The van der Waals surface area contributed by atoms with Crippen molar-refractivity contribution < 1.29 is 9.53 Å². The van der Waals surface area contributed by atoms with Crippen molar-refractivity contribution in [1.29, 1.82) is 0 Å². The van der Waals surface area contributed by atoms with Crippen molar-refractivity contribution in [2.24, 2.45) is 0 Å². The van der Waals surface area contributed by atoms with Crippen LogP contribution in [0.1, 0.15) is 24.0 Å². The van der Waals surface area contributed by atoms with Gasteiger partial charge >= 0.3 is 5.69 Å². The predicted octanol–water partition coefficient (Wildman–Crippen LogP) is 2.31. The molecule has 1 atom stereocenters. The van der Waals surface area contributed by atoms with Crippen molar-refractivity contribution in [3.8, 4) is 0 Å². The van der Waals surface area contributed by atoms with Gasteiger partial charge in [0.2, 0.25) is 11.7 Å². The molecule has 1 fully saturated rings. The summed E-state index contributed by atoms with van der Waals surface area (Å²) in [4.78, 5) is 39.0. The van der Waals surface area contributed by atoms with E-state index in [4.69, 9.17) is 4.74 Å². The molecule has 32 heavy (non-hydrogen) atoms. The monoisotopic (exact) mass is 453 g/mol. The largest absolute Gasteiger partial charge is 0.376 e. The summed E-state index contributed by atoms with van der Waals surface area (Å²) < 4.78 is 10.2. The Morgan fingerprint density at radius 1 is 1.28 bits per heavy atom. The molecule has 1 aliphatic rings. The van der Waals surface area contributed by atoms with Gasteiger partial charge in [-0.25, -0.2) is 13.9 Å². The van der Waals surface area contributed by atoms with Crippen molar-refractivity contribution >= 4 is 38.9 Å². The molecule has 1 aromatic carbocycles. The Hall–Kier alpha value is -3.24. The van der Waals surface area contributed by atoms with Gasteiger partial charge in [-0.15, -0.1) is 16.4 Å². The highest BCUT2D eigenvalue weighted by Gasteiger charge is 2.23. The van der Waals surface area contributed by atoms with E-state index in [0.717, 1.165) is 28.7 Å². The Kier molecular flexibility index (Phi) is 5.18. The van der Waals surface area contributed by atoms with E-state index in [1.807, 2.05) is 32.0 Å². The number of benzene rings is 1. The molecule has 0 spiro atoms. The number of anilines is 1. The van der Waals surface area contributed by atoms with E-state index in [1.54, 1.807) is 11.4 Å². The van der Waals surface area contributed by atoms with Crippen molar-refractivity contribution in [1.82, 2.24) is 18.7 Å². The molecule has 0 radical (unpaired) electrons. The molecule has 0 aliphatic carbocycles. The highest BCUT2D eigenvalue weighted by Crippen LogP contribution is 2.20. The van der Waals surface area contributed by atoms with Crippen LogP contribution in [0.3, 0.4) is 0 Å². The summed E-state index contributed by atoms with van der Waals surface area (Å²) in [6.45, 7) is 4.63. The van der Waals surface area contributed by atoms with Crippen molar-refractivity contribution in [3.63, 3.8) is 0 Å². The lowest BCUT2D eigenvalue weighted by molar-refractivity contribution is -0.117. The van der Waals surface area contributed by atoms with E-state index < -0.39 is 5.69 Å². The Balaban J connectivity index is 1.55. The lowest BCUT2D eigenvalue weighted by Gasteiger charge is -2.12. The van der Waals surface area contributed by atoms with Crippen LogP contribution in [0.25, 0.3) is 16.0 Å². The highest BCUT2D eigenvalue weighted by atomic mass is 32.1. The summed E-state index contributed by atoms with van der Waals surface area (Å²) >= 11 is 1.29. The van der Waals surface area contributed by atoms with E-state index in [2.05, 4.69) is 10.4 Å². The Morgan fingerprint density at radius 2 is 2.12 bits per heavy atom. The number of hydrogen-bond acceptors (Lipinski definition) is 6. The number of nitrogens with zero attached hydrogens (tertiary/aromatic N) is 4. The molecule has 4 heterocycles. The number of nitrogens with one attached hydrogen (secondary N) is 1. The number of aromatic nitrogens is 4. The molecule has 9 nitrogen and oxygen atoms in total. The maximum Gasteiger partial charge on any atom is 0.352 e. The Bertz CT molecular complexity index is 1460. The normalized spacial score (nSPS) is 16.2. The summed E-state index contributed by atoms with van der Waals surface area (Å²) in [6, 6.07) is 7.39. The number of amides is 1. The van der Waals surface area contributed by atoms with Gasteiger partial charge in [-0.05, 0) is 55.3 Å². The fourth-order valence-corrected chi connectivity index (χ4v) is 4.93. The van der Waals surface area contributed by atoms with Crippen LogP contribution in [0.15, 0.2) is 39.2 Å². The van der Waals surface area contributed by atoms with Crippen LogP contribution in [0.5, 0.6) is 0 Å². The summed E-state index contributed by atoms with van der Waals surface area (Å²) in [7, 11) is 0. The van der Waals surface area contributed by atoms with Crippen LogP contribution in [0, 0.1) is 13.8 Å². The third kappa shape index (κ3) is 3.45. The number of aryl methyl sites for hydroxylation is 1. The third-order valence-corrected chi connectivity index (χ3v) is 6.86. The molecule has 1 saturated heterocycles. The molecule has 10 heteroatoms. The van der Waals surface area contributed by atoms with E-state index in [0.29, 0.717) is 29.1 Å². The fraction of sp³-hybridized carbons (Fsp3) is 0.364. The van der Waals surface area contributed by atoms with Gasteiger partial charge in [-0.1, -0.05) is 12.1 Å². The zero-order valence-electron chi connectivity index (χ0n) is 17.8. The standard InChI is InChI=1S/C22H23N5O4S/c1-13-5-3-7-16(14(13)2)23-18(28)12-26-22(30)27-17-8-10-32-19(17)20(29)25(21(27)24-26)11-15-6-4-9-31-15/h3,5,7-8,10,15H,4,6,9,11-12H2,1-2H3,(H,23,28)/t15-/m1/s1. The van der Waals surface area contributed by atoms with E-state index in [9.17, 15) is 14.4 Å². The van der Waals surface area contributed by atoms with Crippen molar-refractivity contribution in [3.05, 3.63) is 61.6 Å². The number of thiophene rings is 1. The first-order valence-corrected chi connectivity index (χ1v) is 11.4. The molecule has 5 rings (SSSR count). The van der Waals surface area contributed by atoms with Crippen LogP contribution in [0.4, 0.5) is 5.69 Å². The van der Waals surface area contributed by atoms with Crippen LogP contribution in [-0.4, -0.2) is 37.4 Å². The second kappa shape index (κ2) is 8.03. The second-order valence-corrected chi connectivity index (χ2v) is 8.97. The fourth-order valence-electron chi connectivity index (χ4n) is 4.11. The molecule has 1 N–H and O–H groups in total. The van der Waals surface area contributed by atoms with Crippen molar-refractivity contribution in [2.75, 3.05) is 11.9 Å². The first-order chi connectivity index (χ1) is 15.4. The summed E-state index contributed by atoms with van der Waals surface area (Å²) in [6.07, 6.45) is 1.70. The molecule has 3 aromatic heterocycles. The van der Waals surface area contributed by atoms with Gasteiger partial charge < -0.3 is 10.1 Å². The van der Waals surface area contributed by atoms with Gasteiger partial charge in [-0.3, -0.25) is 14.2 Å². The van der Waals surface area contributed by atoms with Gasteiger partial charge in [-0.2, -0.15) is 0 Å². The number of ether oxygens (including phenoxy) is 1. The number of hydrogen-bond donors (Lipinski definition) is 1. The zero-order valence-corrected chi connectivity index (χ0v) is 18.6. The number of fused-ring (bicyclic) bond motifs is 3. The average Bonchev–Trinajstić information content (AvgIpc) is 3.50. The lowest BCUT2D eigenvalue weighted by Crippen LogP contribution is -2.30. The van der Waals surface area contributed by atoms with E-state index >= 15 is 0 Å². The molecule has 0 bridgehead atoms. The minimum Gasteiger partial charge on any atom is -0.376 e. The van der Waals surface area contributed by atoms with Gasteiger partial charge in [0.25, 0.3) is 5.56 Å². The first-order valence-electron chi connectivity index (χ1n) is 10.5. The molecular weight excluding hydrogens is 430 g/mol. The SMILES string of the molecule is Cc1cccc(NC(=O)Cn2nc3n(C[C@H]4CCCO4)c(=O)c4sccc4n3c2=O)c1C. The second-order valence-electron chi connectivity index (χ2n) is 8.06. The quantitative estimate of drug-likeness (QED) is 0.500. The van der Waals surface area contributed by atoms with Gasteiger partial charge in [0, 0.05) is 12.3 Å². The summed E-state index contributed by atoms with van der Waals surface area (Å²) in [5.41, 5.74) is 2.57. The molecule has 1 aliphatic heterocycles. The molecule has 0 unspecified atom stereocenters. The Morgan fingerprint density at radius 3 is 2.91 bits per heavy atom. The molecule has 1 amide bonds. The molecular formula is C22H23N5O4S. The molecule has 166 valence electrons. The van der Waals surface area contributed by atoms with Crippen LogP contribution >= 0.6 is 11.3 Å². The minimum absolute atomic E-state index is 0.0956. The van der Waals surface area contributed by atoms with Gasteiger partial charge in [0.1, 0.15) is 11.2 Å². The summed E-state index contributed by atoms with van der Waals surface area (Å²) in [5.74, 6) is -0.139. The topological polar surface area (TPSA) is 99.6 Å². The van der Waals surface area contributed by atoms with Crippen LogP contribution in [0.2, 0.25) is 0 Å². The number of carbonyl (C=O) groups is 1. The van der Waals surface area contributed by atoms with Crippen LogP contribution in [-0.2, 0) is 22.6 Å². The maximum absolute atomic E-state index is 13.2. The highest BCUT2D eigenvalue weighted by molar-refractivity contribution is 7.17. The zero-order chi connectivity index (χ0) is 22.4. The smallest absolute Gasteiger partial charge is 0.352 e. The van der Waals surface area contributed by atoms with E-state index in [1.165, 1.54) is 20.3 Å². The van der Waals surface area contributed by atoms with Gasteiger partial charge in [0.05, 0.1) is 18.2 Å². The maximum atomic E-state index is 13.2. The third-order valence-electron chi connectivity index (χ3n) is 5.97. The molecule has 4 aromatic rings. The molecule has 0 saturated carbocycles. The van der Waals surface area contributed by atoms with Crippen molar-refractivity contribution in [2.45, 2.75) is 45.9 Å². The number of rotatable bonds is 5. The van der Waals surface area contributed by atoms with Gasteiger partial charge in [0.15, 0.2) is 0 Å². The predicted molar refractivity (Wildman–Crippen MR) is 123 cm³/mol.